The van der Waals surface area contributed by atoms with Crippen LogP contribution in [0.1, 0.15) is 25.0 Å². The molecule has 0 bridgehead atoms. The van der Waals surface area contributed by atoms with E-state index in [-0.39, 0.29) is 17.5 Å². The zero-order valence-corrected chi connectivity index (χ0v) is 7.28. The van der Waals surface area contributed by atoms with Crippen LogP contribution in [0, 0.1) is 11.3 Å². The molecule has 0 amide bonds. The van der Waals surface area contributed by atoms with Crippen LogP contribution in [0.5, 0.6) is 0 Å². The Kier molecular flexibility index (Phi) is 1.07. The van der Waals surface area contributed by atoms with E-state index in [1.54, 1.807) is 12.4 Å². The Morgan fingerprint density at radius 2 is 2.62 bits per heavy atom. The van der Waals surface area contributed by atoms with Crippen molar-refractivity contribution in [2.75, 3.05) is 0 Å². The highest BCUT2D eigenvalue weighted by Gasteiger charge is 2.67. The van der Waals surface area contributed by atoms with E-state index in [0.717, 1.165) is 12.0 Å². The Morgan fingerprint density at radius 3 is 3.08 bits per heavy atom. The number of aromatic nitrogens is 2. The molecule has 2 heterocycles. The second-order valence-corrected chi connectivity index (χ2v) is 4.09. The minimum absolute atomic E-state index is 0.0521. The summed E-state index contributed by atoms with van der Waals surface area (Å²) in [6, 6.07) is 0. The molecule has 4 nitrogen and oxygen atoms in total. The second-order valence-electron chi connectivity index (χ2n) is 4.09. The van der Waals surface area contributed by atoms with Crippen molar-refractivity contribution >= 4 is 5.97 Å². The van der Waals surface area contributed by atoms with Gasteiger partial charge in [0.2, 0.25) is 0 Å². The van der Waals surface area contributed by atoms with Gasteiger partial charge in [-0.3, -0.25) is 9.89 Å². The molecule has 2 aliphatic rings. The van der Waals surface area contributed by atoms with Crippen molar-refractivity contribution in [3.63, 3.8) is 0 Å². The van der Waals surface area contributed by atoms with Gasteiger partial charge in [-0.2, -0.15) is 5.10 Å². The summed E-state index contributed by atoms with van der Waals surface area (Å²) in [5, 5.41) is 6.58. The fraction of sp³-hybridized carbons (Fsp3) is 0.556. The highest BCUT2D eigenvalue weighted by molar-refractivity contribution is 5.83. The number of hydrogen-bond donors (Lipinski definition) is 1. The van der Waals surface area contributed by atoms with Crippen LogP contribution in [-0.4, -0.2) is 16.2 Å². The Morgan fingerprint density at radius 1 is 1.77 bits per heavy atom. The minimum atomic E-state index is -0.193. The third-order valence-electron chi connectivity index (χ3n) is 3.22. The molecule has 0 spiro atoms. The molecule has 1 N–H and O–H groups in total. The smallest absolute Gasteiger partial charge is 0.312 e. The van der Waals surface area contributed by atoms with Crippen molar-refractivity contribution in [2.45, 2.75) is 19.4 Å². The summed E-state index contributed by atoms with van der Waals surface area (Å²) < 4.78 is 5.27. The first-order valence-electron chi connectivity index (χ1n) is 4.41. The van der Waals surface area contributed by atoms with Gasteiger partial charge < -0.3 is 4.74 Å². The average Bonchev–Trinajstić information content (AvgIpc) is 2.52. The molecular formula is C9H10N2O2. The summed E-state index contributed by atoms with van der Waals surface area (Å²) >= 11 is 0. The summed E-state index contributed by atoms with van der Waals surface area (Å²) in [5.41, 5.74) is 0.793. The molecule has 1 aromatic rings. The number of nitrogens with one attached hydrogen (secondary N) is 1. The van der Waals surface area contributed by atoms with E-state index in [1.165, 1.54) is 0 Å². The van der Waals surface area contributed by atoms with Crippen LogP contribution in [-0.2, 0) is 9.53 Å². The fourth-order valence-corrected chi connectivity index (χ4v) is 2.12. The molecule has 0 aromatic carbocycles. The van der Waals surface area contributed by atoms with Crippen LogP contribution >= 0.6 is 0 Å². The number of nitrogens with zero attached hydrogens (tertiary/aromatic N) is 1. The van der Waals surface area contributed by atoms with Crippen molar-refractivity contribution in [1.29, 1.82) is 0 Å². The van der Waals surface area contributed by atoms with Crippen molar-refractivity contribution in [1.82, 2.24) is 10.2 Å². The highest BCUT2D eigenvalue weighted by atomic mass is 16.6. The van der Waals surface area contributed by atoms with E-state index >= 15 is 0 Å². The number of H-pyrrole nitrogens is 1. The molecule has 3 rings (SSSR count). The van der Waals surface area contributed by atoms with Crippen molar-refractivity contribution in [3.05, 3.63) is 18.0 Å². The lowest BCUT2D eigenvalue weighted by Crippen LogP contribution is -2.09. The summed E-state index contributed by atoms with van der Waals surface area (Å²) in [6.07, 6.45) is 4.42. The molecule has 4 heteroatoms. The van der Waals surface area contributed by atoms with E-state index in [4.69, 9.17) is 4.74 Å². The number of hydrogen-bond acceptors (Lipinski definition) is 3. The number of ether oxygens (including phenoxy) is 1. The first-order valence-corrected chi connectivity index (χ1v) is 4.41. The monoisotopic (exact) mass is 178 g/mol. The number of esters is 1. The lowest BCUT2D eigenvalue weighted by atomic mass is 10.0. The maximum atomic E-state index is 11.4. The van der Waals surface area contributed by atoms with Gasteiger partial charge in [-0.15, -0.1) is 0 Å². The maximum absolute atomic E-state index is 11.4. The molecule has 68 valence electrons. The minimum Gasteiger partial charge on any atom is -0.457 e. The van der Waals surface area contributed by atoms with Crippen molar-refractivity contribution < 1.29 is 9.53 Å². The van der Waals surface area contributed by atoms with Crippen LogP contribution in [0.3, 0.4) is 0 Å². The first-order chi connectivity index (χ1) is 6.22. The third-order valence-corrected chi connectivity index (χ3v) is 3.22. The lowest BCUT2D eigenvalue weighted by Gasteiger charge is -2.08. The molecule has 1 saturated carbocycles. The lowest BCUT2D eigenvalue weighted by molar-refractivity contribution is -0.148. The van der Waals surface area contributed by atoms with Gasteiger partial charge in [-0.05, 0) is 13.3 Å². The normalized spacial score (nSPS) is 41.5. The predicted octanol–water partition coefficient (Wildman–Crippen LogP) is 1.03. The zero-order chi connectivity index (χ0) is 9.05. The summed E-state index contributed by atoms with van der Waals surface area (Å²) in [6.45, 7) is 1.97. The first kappa shape index (κ1) is 7.12. The topological polar surface area (TPSA) is 55.0 Å². The van der Waals surface area contributed by atoms with E-state index in [0.29, 0.717) is 5.92 Å². The fourth-order valence-electron chi connectivity index (χ4n) is 2.12. The maximum Gasteiger partial charge on any atom is 0.312 e. The van der Waals surface area contributed by atoms with E-state index in [2.05, 4.69) is 10.2 Å². The standard InChI is InChI=1S/C9H10N2O2/c1-9-2-6(9)7(13-8(9)12)5-3-10-11-4-5/h3-4,6-7H,2H2,1H3,(H,10,11). The van der Waals surface area contributed by atoms with Crippen LogP contribution in [0.4, 0.5) is 0 Å². The van der Waals surface area contributed by atoms with Gasteiger partial charge in [-0.25, -0.2) is 0 Å². The van der Waals surface area contributed by atoms with Crippen molar-refractivity contribution in [2.24, 2.45) is 11.3 Å². The van der Waals surface area contributed by atoms with E-state index in [9.17, 15) is 4.79 Å². The zero-order valence-electron chi connectivity index (χ0n) is 7.28. The second kappa shape index (κ2) is 1.95. The summed E-state index contributed by atoms with van der Waals surface area (Å²) in [7, 11) is 0. The number of fused-ring (bicyclic) bond motifs is 1. The molecule has 13 heavy (non-hydrogen) atoms. The molecule has 3 atom stereocenters. The average molecular weight is 178 g/mol. The van der Waals surface area contributed by atoms with Gasteiger partial charge in [0.15, 0.2) is 0 Å². The Bertz CT molecular complexity index is 360. The molecule has 1 aliphatic carbocycles. The van der Waals surface area contributed by atoms with Gasteiger partial charge >= 0.3 is 5.97 Å². The number of aromatic amines is 1. The third kappa shape index (κ3) is 0.753. The van der Waals surface area contributed by atoms with Crippen LogP contribution < -0.4 is 0 Å². The van der Waals surface area contributed by atoms with Crippen LogP contribution in [0.15, 0.2) is 12.4 Å². The highest BCUT2D eigenvalue weighted by Crippen LogP contribution is 2.65. The molecule has 2 fully saturated rings. The molecule has 1 aromatic heterocycles. The van der Waals surface area contributed by atoms with E-state index < -0.39 is 0 Å². The number of rotatable bonds is 1. The summed E-state index contributed by atoms with van der Waals surface area (Å²) in [5.74, 6) is 0.321. The van der Waals surface area contributed by atoms with Crippen molar-refractivity contribution in [3.8, 4) is 0 Å². The van der Waals surface area contributed by atoms with Crippen LogP contribution in [0.25, 0.3) is 0 Å². The SMILES string of the molecule is CC12CC1C(c1cn[nH]c1)OC2=O. The van der Waals surface area contributed by atoms with Gasteiger partial charge in [0.1, 0.15) is 6.10 Å². The Labute approximate surface area is 75.3 Å². The van der Waals surface area contributed by atoms with Gasteiger partial charge in [0, 0.05) is 17.7 Å². The van der Waals surface area contributed by atoms with Gasteiger partial charge in [-0.1, -0.05) is 0 Å². The largest absolute Gasteiger partial charge is 0.457 e. The van der Waals surface area contributed by atoms with Crippen LogP contribution in [0.2, 0.25) is 0 Å². The van der Waals surface area contributed by atoms with E-state index in [1.807, 2.05) is 6.92 Å². The Hall–Kier alpha value is -1.32. The molecular weight excluding hydrogens is 168 g/mol. The molecule has 1 saturated heterocycles. The molecule has 3 unspecified atom stereocenters. The number of carbonyl (C=O) groups is 1. The predicted molar refractivity (Wildman–Crippen MR) is 43.6 cm³/mol. The van der Waals surface area contributed by atoms with Gasteiger partial charge in [0.05, 0.1) is 11.6 Å². The molecule has 0 radical (unpaired) electrons. The molecule has 1 aliphatic heterocycles. The van der Waals surface area contributed by atoms with Gasteiger partial charge in [0.25, 0.3) is 0 Å². The number of carbonyl (C=O) groups excluding carboxylic acids is 1. The quantitative estimate of drug-likeness (QED) is 0.653. The summed E-state index contributed by atoms with van der Waals surface area (Å²) in [4.78, 5) is 11.4. The Balaban J connectivity index is 1.94. The number of cyclic esters (lactones) is 1.